The number of para-hydroxylation sites is 2. The van der Waals surface area contributed by atoms with Crippen molar-refractivity contribution in [3.63, 3.8) is 0 Å². The number of fused-ring (bicyclic) bond motifs is 6. The van der Waals surface area contributed by atoms with Gasteiger partial charge in [0.15, 0.2) is 0 Å². The molecule has 4 aromatic heterocycles. The fourth-order valence-corrected chi connectivity index (χ4v) is 6.27. The van der Waals surface area contributed by atoms with E-state index in [1.807, 2.05) is 75.4 Å². The minimum atomic E-state index is -2.47. The second-order valence-electron chi connectivity index (χ2n) is 14.3. The van der Waals surface area contributed by atoms with Gasteiger partial charge in [-0.3, -0.25) is 0 Å². The molecule has 0 aliphatic carbocycles. The van der Waals surface area contributed by atoms with Crippen LogP contribution in [0, 0.1) is 29.8 Å². The van der Waals surface area contributed by atoms with Gasteiger partial charge in [-0.25, -0.2) is 0 Å². The van der Waals surface area contributed by atoms with Gasteiger partial charge in [0.1, 0.15) is 0 Å². The van der Waals surface area contributed by atoms with E-state index in [-0.39, 0.29) is 31.2 Å². The summed E-state index contributed by atoms with van der Waals surface area (Å²) in [5.74, 6) is 0. The number of hydrogen-bond acceptors (Lipinski definition) is 2. The molecule has 0 aliphatic heterocycles. The first kappa shape index (κ1) is 26.5. The van der Waals surface area contributed by atoms with Crippen LogP contribution in [0.25, 0.3) is 60.6 Å². The van der Waals surface area contributed by atoms with E-state index in [1.54, 1.807) is 39.1 Å². The van der Waals surface area contributed by atoms with Crippen LogP contribution < -0.4 is 0 Å². The van der Waals surface area contributed by atoms with E-state index in [0.29, 0.717) is 16.8 Å². The van der Waals surface area contributed by atoms with Crippen LogP contribution >= 0.6 is 0 Å². The summed E-state index contributed by atoms with van der Waals surface area (Å²) in [7, 11) is 0. The first-order chi connectivity index (χ1) is 25.7. The zero-order valence-corrected chi connectivity index (χ0v) is 31.0. The van der Waals surface area contributed by atoms with Crippen LogP contribution in [0.2, 0.25) is 0 Å². The summed E-state index contributed by atoms with van der Waals surface area (Å²) in [4.78, 5) is 8.79. The summed E-state index contributed by atoms with van der Waals surface area (Å²) in [6.45, 7) is 8.57. The SMILES string of the molecule is [2H]C([2H])([2H])c1cnc(-c2[c-]cc3c4cccc5c6ccccc6n(c3c2)c54)cc1C([2H])([2H])C(C)(C)C.[2H]C([2H])(c1ccnc(-c2[c-]cccc2)c1)C(C)(C)C.[Ir]. The van der Waals surface area contributed by atoms with Crippen molar-refractivity contribution in [1.82, 2.24) is 14.4 Å². The smallest absolute Gasteiger partial charge is 0.0523 e. The van der Waals surface area contributed by atoms with E-state index < -0.39 is 30.4 Å². The fourth-order valence-electron chi connectivity index (χ4n) is 6.27. The summed E-state index contributed by atoms with van der Waals surface area (Å²) in [6.07, 6.45) is -0.320. The number of hydrogen-bond donors (Lipinski definition) is 0. The van der Waals surface area contributed by atoms with Crippen molar-refractivity contribution in [2.45, 2.75) is 61.1 Å². The van der Waals surface area contributed by atoms with Crippen molar-refractivity contribution < 1.29 is 29.7 Å². The average molecular weight is 825 g/mol. The molecule has 0 atom stereocenters. The number of rotatable bonds is 4. The van der Waals surface area contributed by atoms with Gasteiger partial charge in [-0.2, -0.15) is 0 Å². The van der Waals surface area contributed by atoms with Crippen molar-refractivity contribution in [3.8, 4) is 22.5 Å². The number of aromatic nitrogens is 3. The van der Waals surface area contributed by atoms with Gasteiger partial charge in [0.05, 0.1) is 11.0 Å². The Morgan fingerprint density at radius 2 is 1.41 bits per heavy atom. The molecule has 4 aromatic carbocycles. The van der Waals surface area contributed by atoms with E-state index in [9.17, 15) is 0 Å². The second-order valence-corrected chi connectivity index (χ2v) is 14.3. The van der Waals surface area contributed by atoms with Gasteiger partial charge in [0.25, 0.3) is 0 Å². The summed E-state index contributed by atoms with van der Waals surface area (Å²) in [5.41, 5.74) is 5.58. The Labute approximate surface area is 314 Å². The van der Waals surface area contributed by atoms with Gasteiger partial charge in [0.2, 0.25) is 0 Å². The number of benzene rings is 4. The van der Waals surface area contributed by atoms with Crippen molar-refractivity contribution in [2.75, 3.05) is 0 Å². The second kappa shape index (κ2) is 13.5. The molecule has 0 spiro atoms. The third kappa shape index (κ3) is 7.18. The van der Waals surface area contributed by atoms with E-state index in [1.165, 1.54) is 17.0 Å². The standard InChI is InChI=1S/C29H25N2.C16H18N.Ir/c1-18-17-30-25(14-20(18)16-29(2,3)4)19-12-13-22-24-10-7-9-23-21-8-5-6-11-26(21)31(28(23)24)27(22)15-19;1-16(2,3)12-13-9-10-17-15(11-13)14-7-5-4-6-8-14;/h5-11,13-15,17H,16H2,1-4H3;4-7,9-11H,12H2,1-3H3;/q2*-1;/i1D3,16D2;12D2;. The van der Waals surface area contributed by atoms with Gasteiger partial charge in [0, 0.05) is 52.9 Å². The van der Waals surface area contributed by atoms with Gasteiger partial charge in [-0.15, -0.1) is 59.7 Å². The summed E-state index contributed by atoms with van der Waals surface area (Å²) >= 11 is 0. The van der Waals surface area contributed by atoms with Crippen LogP contribution in [0.15, 0.2) is 109 Å². The van der Waals surface area contributed by atoms with Gasteiger partial charge < -0.3 is 14.4 Å². The van der Waals surface area contributed by atoms with E-state index >= 15 is 0 Å². The van der Waals surface area contributed by atoms with E-state index in [4.69, 9.17) is 9.60 Å². The number of pyridine rings is 2. The molecular weight excluding hydrogens is 775 g/mol. The minimum absolute atomic E-state index is 0. The summed E-state index contributed by atoms with van der Waals surface area (Å²) in [5, 5.41) is 4.61. The molecule has 0 fully saturated rings. The Bertz CT molecular complexity index is 2670. The molecule has 0 bridgehead atoms. The molecular formula is C45H43IrN3-2. The third-order valence-corrected chi connectivity index (χ3v) is 8.11. The minimum Gasteiger partial charge on any atom is -0.327 e. The summed E-state index contributed by atoms with van der Waals surface area (Å²) < 4.78 is 60.5. The zero-order chi connectivity index (χ0) is 39.7. The average Bonchev–Trinajstić information content (AvgIpc) is 3.66. The number of aryl methyl sites for hydroxylation is 1. The largest absolute Gasteiger partial charge is 0.327 e. The van der Waals surface area contributed by atoms with Crippen molar-refractivity contribution in [2.24, 2.45) is 10.8 Å². The van der Waals surface area contributed by atoms with E-state index in [2.05, 4.69) is 56.8 Å². The molecule has 3 nitrogen and oxygen atoms in total. The molecule has 49 heavy (non-hydrogen) atoms. The molecule has 4 heterocycles. The van der Waals surface area contributed by atoms with Crippen LogP contribution in [0.5, 0.6) is 0 Å². The van der Waals surface area contributed by atoms with Crippen molar-refractivity contribution in [3.05, 3.63) is 138 Å². The Morgan fingerprint density at radius 3 is 2.14 bits per heavy atom. The van der Waals surface area contributed by atoms with Crippen LogP contribution in [0.4, 0.5) is 0 Å². The monoisotopic (exact) mass is 825 g/mol. The maximum Gasteiger partial charge on any atom is 0.0523 e. The first-order valence-electron chi connectivity index (χ1n) is 19.8. The molecule has 0 aliphatic rings. The Balaban J connectivity index is 0.000000226. The molecule has 1 radical (unpaired) electrons. The van der Waals surface area contributed by atoms with Crippen LogP contribution in [0.1, 0.15) is 67.8 Å². The van der Waals surface area contributed by atoms with E-state index in [0.717, 1.165) is 38.6 Å². The van der Waals surface area contributed by atoms with Crippen LogP contribution in [-0.2, 0) is 32.9 Å². The maximum atomic E-state index is 8.83. The molecule has 0 amide bonds. The topological polar surface area (TPSA) is 30.2 Å². The molecule has 0 saturated heterocycles. The Kier molecular flexibility index (Phi) is 7.30. The van der Waals surface area contributed by atoms with Gasteiger partial charge in [-0.1, -0.05) is 107 Å². The molecule has 0 N–H and O–H groups in total. The van der Waals surface area contributed by atoms with Crippen molar-refractivity contribution >= 4 is 38.1 Å². The Hall–Kier alpha value is -4.37. The molecule has 0 saturated carbocycles. The summed E-state index contributed by atoms with van der Waals surface area (Å²) in [6, 6.07) is 37.9. The van der Waals surface area contributed by atoms with Gasteiger partial charge in [-0.05, 0) is 70.4 Å². The van der Waals surface area contributed by atoms with Crippen molar-refractivity contribution in [1.29, 1.82) is 0 Å². The molecule has 249 valence electrons. The number of nitrogens with zero attached hydrogens (tertiary/aromatic N) is 3. The first-order valence-corrected chi connectivity index (χ1v) is 16.3. The predicted molar refractivity (Wildman–Crippen MR) is 203 cm³/mol. The normalized spacial score (nSPS) is 14.9. The fraction of sp³-hybridized carbons (Fsp3) is 0.244. The third-order valence-electron chi connectivity index (χ3n) is 8.11. The maximum absolute atomic E-state index is 8.83. The molecule has 8 rings (SSSR count). The zero-order valence-electron chi connectivity index (χ0n) is 35.6. The predicted octanol–water partition coefficient (Wildman–Crippen LogP) is 11.7. The quantitative estimate of drug-likeness (QED) is 0.166. The van der Waals surface area contributed by atoms with Crippen LogP contribution in [0.3, 0.4) is 0 Å². The molecule has 0 unspecified atom stereocenters. The molecule has 8 aromatic rings. The van der Waals surface area contributed by atoms with Gasteiger partial charge >= 0.3 is 0 Å². The molecule has 4 heteroatoms. The Morgan fingerprint density at radius 1 is 0.694 bits per heavy atom. The van der Waals surface area contributed by atoms with Crippen LogP contribution in [-0.4, -0.2) is 14.4 Å².